The van der Waals surface area contributed by atoms with Gasteiger partial charge in [0.2, 0.25) is 0 Å². The largest absolute Gasteiger partial charge is 0.446 e. The molecule has 224 valence electrons. The van der Waals surface area contributed by atoms with Crippen molar-refractivity contribution in [2.75, 3.05) is 6.54 Å². The number of alkyl carbamates (subject to hydrolysis) is 1. The van der Waals surface area contributed by atoms with E-state index in [1.54, 1.807) is 0 Å². The summed E-state index contributed by atoms with van der Waals surface area (Å²) in [6.45, 7) is 3.05. The molecule has 7 atom stereocenters. The number of rotatable bonds is 17. The van der Waals surface area contributed by atoms with Crippen molar-refractivity contribution in [2.45, 2.75) is 167 Å². The van der Waals surface area contributed by atoms with E-state index in [0.717, 1.165) is 61.3 Å². The molecule has 1 N–H and O–H groups in total. The first-order chi connectivity index (χ1) is 19.3. The van der Waals surface area contributed by atoms with Crippen LogP contribution in [0.5, 0.6) is 0 Å². The summed E-state index contributed by atoms with van der Waals surface area (Å²) < 4.78 is 5.92. The van der Waals surface area contributed by atoms with Crippen LogP contribution in [-0.2, 0) is 4.74 Å². The summed E-state index contributed by atoms with van der Waals surface area (Å²) >= 11 is 0. The summed E-state index contributed by atoms with van der Waals surface area (Å²) in [7, 11) is 0. The normalized spacial score (nSPS) is 32.0. The monoisotopic (exact) mass is 541 g/mol. The summed E-state index contributed by atoms with van der Waals surface area (Å²) in [5, 5.41) is 3.05. The summed E-state index contributed by atoms with van der Waals surface area (Å²) in [5.41, 5.74) is 0. The highest BCUT2D eigenvalue weighted by Gasteiger charge is 2.49. The van der Waals surface area contributed by atoms with Gasteiger partial charge in [-0.3, -0.25) is 0 Å². The Morgan fingerprint density at radius 3 is 1.95 bits per heavy atom. The van der Waals surface area contributed by atoms with Gasteiger partial charge in [0.1, 0.15) is 6.10 Å². The average Bonchev–Trinajstić information content (AvgIpc) is 3.44. The predicted molar refractivity (Wildman–Crippen MR) is 165 cm³/mol. The van der Waals surface area contributed by atoms with E-state index >= 15 is 0 Å². The summed E-state index contributed by atoms with van der Waals surface area (Å²) in [6.07, 6.45) is 37.1. The van der Waals surface area contributed by atoms with Crippen LogP contribution in [0.15, 0.2) is 12.2 Å². The Kier molecular flexibility index (Phi) is 14.1. The summed E-state index contributed by atoms with van der Waals surface area (Å²) in [4.78, 5) is 12.4. The van der Waals surface area contributed by atoms with E-state index in [1.165, 1.54) is 135 Å². The molecule has 4 aliphatic rings. The minimum atomic E-state index is -0.161. The lowest BCUT2D eigenvalue weighted by Crippen LogP contribution is -2.46. The van der Waals surface area contributed by atoms with Crippen LogP contribution < -0.4 is 5.32 Å². The van der Waals surface area contributed by atoms with E-state index in [-0.39, 0.29) is 12.2 Å². The SMILES string of the molecule is CCCCCCCC/C=C\CCCCCCCCNC(=O)O[C@@H]1CCC2C(CCC3C4CCCC4CCC23)C1. The minimum absolute atomic E-state index is 0.158. The molecule has 0 aliphatic heterocycles. The molecule has 0 radical (unpaired) electrons. The lowest BCUT2D eigenvalue weighted by atomic mass is 9.53. The molecule has 4 fully saturated rings. The van der Waals surface area contributed by atoms with Crippen LogP contribution in [0.3, 0.4) is 0 Å². The molecule has 39 heavy (non-hydrogen) atoms. The number of unbranched alkanes of at least 4 members (excludes halogenated alkanes) is 12. The Bertz CT molecular complexity index is 704. The van der Waals surface area contributed by atoms with Gasteiger partial charge in [0.05, 0.1) is 0 Å². The number of ether oxygens (including phenoxy) is 1. The molecule has 3 nitrogen and oxygen atoms in total. The van der Waals surface area contributed by atoms with Crippen molar-refractivity contribution in [3.63, 3.8) is 0 Å². The fraction of sp³-hybridized carbons (Fsp3) is 0.917. The van der Waals surface area contributed by atoms with Crippen molar-refractivity contribution in [3.05, 3.63) is 12.2 Å². The number of fused-ring (bicyclic) bond motifs is 5. The molecule has 1 amide bonds. The van der Waals surface area contributed by atoms with Crippen molar-refractivity contribution in [2.24, 2.45) is 35.5 Å². The fourth-order valence-electron chi connectivity index (χ4n) is 9.29. The Morgan fingerprint density at radius 2 is 1.23 bits per heavy atom. The van der Waals surface area contributed by atoms with Gasteiger partial charge in [0.15, 0.2) is 0 Å². The molecule has 3 heteroatoms. The van der Waals surface area contributed by atoms with E-state index in [1.807, 2.05) is 0 Å². The second-order valence-electron chi connectivity index (χ2n) is 14.0. The van der Waals surface area contributed by atoms with Crippen LogP contribution in [0, 0.1) is 35.5 Å². The number of nitrogens with one attached hydrogen (secondary N) is 1. The maximum atomic E-state index is 12.4. The lowest BCUT2D eigenvalue weighted by molar-refractivity contribution is -0.0487. The number of hydrogen-bond donors (Lipinski definition) is 1. The Labute approximate surface area is 242 Å². The van der Waals surface area contributed by atoms with E-state index in [9.17, 15) is 4.79 Å². The number of carbonyl (C=O) groups excluding carboxylic acids is 1. The van der Waals surface area contributed by atoms with E-state index < -0.39 is 0 Å². The number of amides is 1. The highest BCUT2D eigenvalue weighted by molar-refractivity contribution is 5.67. The second-order valence-corrected chi connectivity index (χ2v) is 14.0. The zero-order valence-corrected chi connectivity index (χ0v) is 25.7. The molecular weight excluding hydrogens is 478 g/mol. The first-order valence-electron chi connectivity index (χ1n) is 17.9. The van der Waals surface area contributed by atoms with Crippen molar-refractivity contribution < 1.29 is 9.53 Å². The van der Waals surface area contributed by atoms with Crippen LogP contribution in [0.1, 0.15) is 161 Å². The van der Waals surface area contributed by atoms with Gasteiger partial charge in [-0.15, -0.1) is 0 Å². The number of carbonyl (C=O) groups is 1. The van der Waals surface area contributed by atoms with Crippen LogP contribution in [0.25, 0.3) is 0 Å². The van der Waals surface area contributed by atoms with E-state index in [0.29, 0.717) is 0 Å². The Morgan fingerprint density at radius 1 is 0.641 bits per heavy atom. The second kappa shape index (κ2) is 17.7. The van der Waals surface area contributed by atoms with Gasteiger partial charge in [0, 0.05) is 6.54 Å². The van der Waals surface area contributed by atoms with E-state index in [4.69, 9.17) is 4.74 Å². The van der Waals surface area contributed by atoms with Crippen LogP contribution in [0.4, 0.5) is 4.79 Å². The highest BCUT2D eigenvalue weighted by Crippen LogP contribution is 2.58. The van der Waals surface area contributed by atoms with Crippen LogP contribution >= 0.6 is 0 Å². The smallest absolute Gasteiger partial charge is 0.407 e. The molecule has 0 aromatic heterocycles. The third-order valence-corrected chi connectivity index (χ3v) is 11.3. The van der Waals surface area contributed by atoms with Crippen LogP contribution in [0.2, 0.25) is 0 Å². The summed E-state index contributed by atoms with van der Waals surface area (Å²) in [5.74, 6) is 5.89. The first-order valence-corrected chi connectivity index (χ1v) is 17.9. The Balaban J connectivity index is 0.954. The molecule has 6 unspecified atom stereocenters. The molecule has 0 heterocycles. The molecule has 0 spiro atoms. The third kappa shape index (κ3) is 10.1. The van der Waals surface area contributed by atoms with Gasteiger partial charge >= 0.3 is 6.09 Å². The van der Waals surface area contributed by atoms with Gasteiger partial charge in [-0.05, 0) is 119 Å². The standard InChI is InChI=1S/C36H63NO2/c1-2-3-4-5-6-7-8-9-10-11-12-13-14-15-16-17-27-37-36(38)39-31-23-26-33-30(28-31)22-25-34-32-20-18-19-29(32)21-24-35(33)34/h9-10,29-35H,2-8,11-28H2,1H3,(H,37,38)/b10-9-/t29?,30?,31-,32?,33?,34?,35?/m1/s1. The van der Waals surface area contributed by atoms with E-state index in [2.05, 4.69) is 24.4 Å². The molecule has 0 aromatic rings. The third-order valence-electron chi connectivity index (χ3n) is 11.3. The fourth-order valence-corrected chi connectivity index (χ4v) is 9.29. The number of hydrogen-bond acceptors (Lipinski definition) is 2. The van der Waals surface area contributed by atoms with Gasteiger partial charge in [0.25, 0.3) is 0 Å². The molecule has 0 saturated heterocycles. The van der Waals surface area contributed by atoms with Gasteiger partial charge in [-0.1, -0.05) is 89.7 Å². The Hall–Kier alpha value is -0.990. The topological polar surface area (TPSA) is 38.3 Å². The molecule has 4 rings (SSSR count). The van der Waals surface area contributed by atoms with Crippen molar-refractivity contribution in [3.8, 4) is 0 Å². The molecule has 4 saturated carbocycles. The highest BCUT2D eigenvalue weighted by atomic mass is 16.6. The van der Waals surface area contributed by atoms with Gasteiger partial charge < -0.3 is 10.1 Å². The predicted octanol–water partition coefficient (Wildman–Crippen LogP) is 10.8. The maximum Gasteiger partial charge on any atom is 0.407 e. The first kappa shape index (κ1) is 31.0. The zero-order chi connectivity index (χ0) is 27.1. The van der Waals surface area contributed by atoms with Gasteiger partial charge in [-0.25, -0.2) is 4.79 Å². The quantitative estimate of drug-likeness (QED) is 0.147. The number of allylic oxidation sites excluding steroid dienone is 2. The zero-order valence-electron chi connectivity index (χ0n) is 25.7. The maximum absolute atomic E-state index is 12.4. The van der Waals surface area contributed by atoms with Crippen molar-refractivity contribution >= 4 is 6.09 Å². The van der Waals surface area contributed by atoms with Gasteiger partial charge in [-0.2, -0.15) is 0 Å². The average molecular weight is 542 g/mol. The molecule has 0 aromatic carbocycles. The van der Waals surface area contributed by atoms with Crippen molar-refractivity contribution in [1.29, 1.82) is 0 Å². The minimum Gasteiger partial charge on any atom is -0.446 e. The summed E-state index contributed by atoms with van der Waals surface area (Å²) in [6, 6.07) is 0. The van der Waals surface area contributed by atoms with Crippen LogP contribution in [-0.4, -0.2) is 18.7 Å². The lowest BCUT2D eigenvalue weighted by Gasteiger charge is -2.52. The van der Waals surface area contributed by atoms with Crippen molar-refractivity contribution in [1.82, 2.24) is 5.32 Å². The molecule has 0 bridgehead atoms. The molecule has 4 aliphatic carbocycles. The molecular formula is C36H63NO2.